The van der Waals surface area contributed by atoms with Crippen molar-refractivity contribution in [2.75, 3.05) is 13.2 Å². The van der Waals surface area contributed by atoms with Crippen molar-refractivity contribution >= 4 is 6.09 Å². The third kappa shape index (κ3) is 3.95. The van der Waals surface area contributed by atoms with Gasteiger partial charge < -0.3 is 14.6 Å². The quantitative estimate of drug-likeness (QED) is 0.928. The molecule has 2 atom stereocenters. The number of rotatable bonds is 3. The number of hydrogen-bond donors (Lipinski definition) is 1. The van der Waals surface area contributed by atoms with Crippen molar-refractivity contribution in [2.45, 2.75) is 45.1 Å². The SMILES string of the molecule is CC(C)(C)N(C(=O)OCc1ccccc1)[C@@H]1COC[C@H]1O. The molecule has 0 spiro atoms. The number of carbonyl (C=O) groups is 1. The Balaban J connectivity index is 2.05. The highest BCUT2D eigenvalue weighted by Crippen LogP contribution is 2.24. The van der Waals surface area contributed by atoms with Gasteiger partial charge >= 0.3 is 6.09 Å². The zero-order valence-electron chi connectivity index (χ0n) is 12.8. The van der Waals surface area contributed by atoms with Crippen LogP contribution in [0, 0.1) is 0 Å². The molecular formula is C16H23NO4. The van der Waals surface area contributed by atoms with E-state index in [4.69, 9.17) is 9.47 Å². The maximum atomic E-state index is 12.4. The average molecular weight is 293 g/mol. The van der Waals surface area contributed by atoms with Gasteiger partial charge in [-0.15, -0.1) is 0 Å². The summed E-state index contributed by atoms with van der Waals surface area (Å²) < 4.78 is 10.7. The van der Waals surface area contributed by atoms with Crippen LogP contribution >= 0.6 is 0 Å². The molecule has 0 unspecified atom stereocenters. The van der Waals surface area contributed by atoms with Gasteiger partial charge in [0.1, 0.15) is 12.7 Å². The normalized spacial score (nSPS) is 22.1. The van der Waals surface area contributed by atoms with Crippen LogP contribution in [0.3, 0.4) is 0 Å². The molecule has 1 aliphatic heterocycles. The molecular weight excluding hydrogens is 270 g/mol. The second-order valence-electron chi connectivity index (χ2n) is 6.25. The summed E-state index contributed by atoms with van der Waals surface area (Å²) in [7, 11) is 0. The number of aliphatic hydroxyl groups is 1. The van der Waals surface area contributed by atoms with Crippen molar-refractivity contribution in [3.63, 3.8) is 0 Å². The van der Waals surface area contributed by atoms with Gasteiger partial charge in [0.25, 0.3) is 0 Å². The summed E-state index contributed by atoms with van der Waals surface area (Å²) in [6, 6.07) is 9.16. The van der Waals surface area contributed by atoms with Gasteiger partial charge in [0.05, 0.1) is 19.3 Å². The largest absolute Gasteiger partial charge is 0.445 e. The van der Waals surface area contributed by atoms with Crippen LogP contribution in [-0.4, -0.2) is 47.0 Å². The lowest BCUT2D eigenvalue weighted by Gasteiger charge is -2.39. The van der Waals surface area contributed by atoms with E-state index in [1.807, 2.05) is 51.1 Å². The van der Waals surface area contributed by atoms with Crippen molar-refractivity contribution in [1.82, 2.24) is 4.90 Å². The van der Waals surface area contributed by atoms with Crippen LogP contribution in [0.15, 0.2) is 30.3 Å². The van der Waals surface area contributed by atoms with Gasteiger partial charge in [0.15, 0.2) is 0 Å². The number of benzene rings is 1. The third-order valence-electron chi connectivity index (χ3n) is 3.48. The molecule has 1 N–H and O–H groups in total. The number of hydrogen-bond acceptors (Lipinski definition) is 4. The molecule has 0 bridgehead atoms. The van der Waals surface area contributed by atoms with Crippen LogP contribution in [0.25, 0.3) is 0 Å². The van der Waals surface area contributed by atoms with Gasteiger partial charge in [-0.1, -0.05) is 30.3 Å². The molecule has 1 saturated heterocycles. The number of nitrogens with zero attached hydrogens (tertiary/aromatic N) is 1. The highest BCUT2D eigenvalue weighted by Gasteiger charge is 2.41. The Morgan fingerprint density at radius 3 is 2.52 bits per heavy atom. The first kappa shape index (κ1) is 15.8. The average Bonchev–Trinajstić information content (AvgIpc) is 2.82. The lowest BCUT2D eigenvalue weighted by molar-refractivity contribution is 0.0104. The second-order valence-corrected chi connectivity index (χ2v) is 6.25. The molecule has 1 aliphatic rings. The molecule has 5 heteroatoms. The van der Waals surface area contributed by atoms with E-state index in [0.717, 1.165) is 5.56 Å². The minimum absolute atomic E-state index is 0.218. The highest BCUT2D eigenvalue weighted by atomic mass is 16.6. The van der Waals surface area contributed by atoms with Crippen molar-refractivity contribution in [3.8, 4) is 0 Å². The van der Waals surface area contributed by atoms with Crippen LogP contribution < -0.4 is 0 Å². The van der Waals surface area contributed by atoms with Crippen molar-refractivity contribution < 1.29 is 19.4 Å². The molecule has 116 valence electrons. The fraction of sp³-hybridized carbons (Fsp3) is 0.562. The first-order valence-corrected chi connectivity index (χ1v) is 7.15. The van der Waals surface area contributed by atoms with E-state index in [-0.39, 0.29) is 19.3 Å². The van der Waals surface area contributed by atoms with E-state index < -0.39 is 17.7 Å². The van der Waals surface area contributed by atoms with E-state index >= 15 is 0 Å². The van der Waals surface area contributed by atoms with E-state index in [1.54, 1.807) is 4.90 Å². The third-order valence-corrected chi connectivity index (χ3v) is 3.48. The fourth-order valence-corrected chi connectivity index (χ4v) is 2.47. The summed E-state index contributed by atoms with van der Waals surface area (Å²) in [6.45, 7) is 6.56. The summed E-state index contributed by atoms with van der Waals surface area (Å²) in [4.78, 5) is 14.0. The lowest BCUT2D eigenvalue weighted by atomic mass is 10.0. The van der Waals surface area contributed by atoms with Gasteiger partial charge in [-0.25, -0.2) is 4.79 Å². The molecule has 1 aromatic rings. The Hall–Kier alpha value is -1.59. The van der Waals surface area contributed by atoms with Crippen molar-refractivity contribution in [3.05, 3.63) is 35.9 Å². The fourth-order valence-electron chi connectivity index (χ4n) is 2.47. The summed E-state index contributed by atoms with van der Waals surface area (Å²) in [5, 5.41) is 9.98. The Kier molecular flexibility index (Phi) is 4.85. The number of aliphatic hydroxyl groups excluding tert-OH is 1. The van der Waals surface area contributed by atoms with Gasteiger partial charge in [-0.05, 0) is 26.3 Å². The molecule has 21 heavy (non-hydrogen) atoms. The number of amides is 1. The first-order valence-electron chi connectivity index (χ1n) is 7.15. The van der Waals surface area contributed by atoms with Gasteiger partial charge in [-0.3, -0.25) is 4.90 Å². The smallest absolute Gasteiger partial charge is 0.410 e. The van der Waals surface area contributed by atoms with Crippen molar-refractivity contribution in [1.29, 1.82) is 0 Å². The molecule has 1 heterocycles. The molecule has 0 radical (unpaired) electrons. The van der Waals surface area contributed by atoms with Crippen LogP contribution in [0.2, 0.25) is 0 Å². The minimum Gasteiger partial charge on any atom is -0.445 e. The molecule has 0 saturated carbocycles. The number of carbonyl (C=O) groups excluding carboxylic acids is 1. The van der Waals surface area contributed by atoms with Crippen LogP contribution in [0.4, 0.5) is 4.79 Å². The van der Waals surface area contributed by atoms with Gasteiger partial charge in [-0.2, -0.15) is 0 Å². The van der Waals surface area contributed by atoms with E-state index in [0.29, 0.717) is 6.61 Å². The zero-order chi connectivity index (χ0) is 15.5. The first-order chi connectivity index (χ1) is 9.89. The van der Waals surface area contributed by atoms with Crippen molar-refractivity contribution in [2.24, 2.45) is 0 Å². The van der Waals surface area contributed by atoms with Gasteiger partial charge in [0.2, 0.25) is 0 Å². The Morgan fingerprint density at radius 1 is 1.33 bits per heavy atom. The predicted octanol–water partition coefficient (Wildman–Crippen LogP) is 2.18. The standard InChI is InChI=1S/C16H23NO4/c1-16(2,3)17(13-10-20-11-14(13)18)15(19)21-9-12-7-5-4-6-8-12/h4-8,13-14,18H,9-11H2,1-3H3/t13-,14-/m1/s1. The predicted molar refractivity (Wildman–Crippen MR) is 78.8 cm³/mol. The lowest BCUT2D eigenvalue weighted by Crippen LogP contribution is -2.55. The molecule has 1 amide bonds. The highest BCUT2D eigenvalue weighted by molar-refractivity contribution is 5.69. The Morgan fingerprint density at radius 2 is 2.00 bits per heavy atom. The van der Waals surface area contributed by atoms with E-state index in [1.165, 1.54) is 0 Å². The molecule has 2 rings (SSSR count). The molecule has 0 aromatic heterocycles. The minimum atomic E-state index is -0.673. The van der Waals surface area contributed by atoms with Crippen LogP contribution in [0.5, 0.6) is 0 Å². The molecule has 1 fully saturated rings. The summed E-state index contributed by atoms with van der Waals surface area (Å²) in [5.74, 6) is 0. The zero-order valence-corrected chi connectivity index (χ0v) is 12.8. The summed E-state index contributed by atoms with van der Waals surface area (Å²) in [5.41, 5.74) is 0.482. The maximum absolute atomic E-state index is 12.4. The summed E-state index contributed by atoms with van der Waals surface area (Å²) >= 11 is 0. The Bertz CT molecular complexity index is 469. The van der Waals surface area contributed by atoms with Crippen LogP contribution in [-0.2, 0) is 16.1 Å². The maximum Gasteiger partial charge on any atom is 0.410 e. The topological polar surface area (TPSA) is 59.0 Å². The number of ether oxygens (including phenoxy) is 2. The van der Waals surface area contributed by atoms with E-state index in [9.17, 15) is 9.90 Å². The second kappa shape index (κ2) is 6.45. The van der Waals surface area contributed by atoms with Gasteiger partial charge in [0, 0.05) is 5.54 Å². The molecule has 5 nitrogen and oxygen atoms in total. The molecule has 1 aromatic carbocycles. The molecule has 0 aliphatic carbocycles. The summed E-state index contributed by atoms with van der Waals surface area (Å²) in [6.07, 6.45) is -1.10. The Labute approximate surface area is 125 Å². The van der Waals surface area contributed by atoms with E-state index in [2.05, 4.69) is 0 Å². The van der Waals surface area contributed by atoms with Crippen LogP contribution in [0.1, 0.15) is 26.3 Å². The monoisotopic (exact) mass is 293 g/mol.